The summed E-state index contributed by atoms with van der Waals surface area (Å²) in [6.07, 6.45) is -3.25. The lowest BCUT2D eigenvalue weighted by molar-refractivity contribution is -0.137. The van der Waals surface area contributed by atoms with Gasteiger partial charge in [-0.15, -0.1) is 0 Å². The molecule has 3 aromatic rings. The lowest BCUT2D eigenvalue weighted by atomic mass is 10.1. The summed E-state index contributed by atoms with van der Waals surface area (Å²) < 4.78 is 48.4. The third kappa shape index (κ3) is 4.11. The van der Waals surface area contributed by atoms with Crippen LogP contribution >= 0.6 is 0 Å². The second-order valence-electron chi connectivity index (χ2n) is 5.61. The maximum atomic E-state index is 12.6. The number of hydrogen-bond donors (Lipinski definition) is 1. The fourth-order valence-electron chi connectivity index (χ4n) is 2.51. The molecule has 0 radical (unpaired) electrons. The van der Waals surface area contributed by atoms with Crippen LogP contribution in [0.5, 0.6) is 5.75 Å². The minimum Gasteiger partial charge on any atom is -0.496 e. The van der Waals surface area contributed by atoms with Crippen LogP contribution in [0.25, 0.3) is 11.3 Å². The molecule has 0 bridgehead atoms. The molecule has 0 spiro atoms. The van der Waals surface area contributed by atoms with Gasteiger partial charge in [-0.05, 0) is 29.8 Å². The zero-order valence-electron chi connectivity index (χ0n) is 14.2. The zero-order chi connectivity index (χ0) is 19.4. The Morgan fingerprint density at radius 1 is 1.15 bits per heavy atom. The van der Waals surface area contributed by atoms with E-state index in [-0.39, 0.29) is 18.0 Å². The number of ether oxygens (including phenoxy) is 1. The van der Waals surface area contributed by atoms with E-state index in [0.717, 1.165) is 18.5 Å². The van der Waals surface area contributed by atoms with Gasteiger partial charge in [0.1, 0.15) is 5.75 Å². The predicted molar refractivity (Wildman–Crippen MR) is 91.1 cm³/mol. The van der Waals surface area contributed by atoms with Crippen LogP contribution in [-0.2, 0) is 12.7 Å². The number of nitrogens with zero attached hydrogens (tertiary/aromatic N) is 1. The molecule has 0 saturated heterocycles. The predicted octanol–water partition coefficient (Wildman–Crippen LogP) is 4.30. The highest BCUT2D eigenvalue weighted by atomic mass is 19.4. The molecule has 8 heteroatoms. The molecule has 0 fully saturated rings. The van der Waals surface area contributed by atoms with E-state index in [1.807, 2.05) is 0 Å². The van der Waals surface area contributed by atoms with E-state index in [0.29, 0.717) is 16.9 Å². The Bertz CT molecular complexity index is 934. The summed E-state index contributed by atoms with van der Waals surface area (Å²) in [4.78, 5) is 16.4. The van der Waals surface area contributed by atoms with Gasteiger partial charge in [-0.3, -0.25) is 4.79 Å². The number of nitrogens with one attached hydrogen (secondary N) is 1. The van der Waals surface area contributed by atoms with Gasteiger partial charge in [0.2, 0.25) is 0 Å². The van der Waals surface area contributed by atoms with Crippen LogP contribution in [0.2, 0.25) is 0 Å². The van der Waals surface area contributed by atoms with E-state index in [2.05, 4.69) is 10.3 Å². The first kappa shape index (κ1) is 18.5. The second-order valence-corrected chi connectivity index (χ2v) is 5.61. The highest BCUT2D eigenvalue weighted by Gasteiger charge is 2.30. The molecule has 0 aliphatic rings. The minimum absolute atomic E-state index is 0.0508. The number of hydrogen-bond acceptors (Lipinski definition) is 4. The molecule has 5 nitrogen and oxygen atoms in total. The maximum absolute atomic E-state index is 12.6. The van der Waals surface area contributed by atoms with Gasteiger partial charge in [-0.25, -0.2) is 4.98 Å². The number of oxazole rings is 1. The molecule has 0 saturated carbocycles. The van der Waals surface area contributed by atoms with Crippen LogP contribution < -0.4 is 10.1 Å². The molecule has 0 aliphatic heterocycles. The molecule has 1 heterocycles. The van der Waals surface area contributed by atoms with Crippen LogP contribution in [0.15, 0.2) is 59.3 Å². The summed E-state index contributed by atoms with van der Waals surface area (Å²) in [5.41, 5.74) is 0.412. The molecule has 1 aromatic heterocycles. The van der Waals surface area contributed by atoms with Crippen molar-refractivity contribution in [2.45, 2.75) is 12.7 Å². The Morgan fingerprint density at radius 3 is 2.52 bits per heavy atom. The van der Waals surface area contributed by atoms with Crippen LogP contribution in [0.3, 0.4) is 0 Å². The van der Waals surface area contributed by atoms with E-state index in [1.54, 1.807) is 24.3 Å². The number of benzene rings is 2. The fraction of sp³-hybridized carbons (Fsp3) is 0.158. The number of halogens is 3. The van der Waals surface area contributed by atoms with Crippen molar-refractivity contribution in [3.05, 3.63) is 71.7 Å². The molecule has 2 aromatic carbocycles. The van der Waals surface area contributed by atoms with Gasteiger partial charge < -0.3 is 14.5 Å². The van der Waals surface area contributed by atoms with Crippen molar-refractivity contribution in [2.24, 2.45) is 0 Å². The number of amides is 1. The first-order valence-corrected chi connectivity index (χ1v) is 7.91. The Hall–Kier alpha value is -3.29. The lowest BCUT2D eigenvalue weighted by Crippen LogP contribution is -2.23. The van der Waals surface area contributed by atoms with Gasteiger partial charge in [0, 0.05) is 6.54 Å². The summed E-state index contributed by atoms with van der Waals surface area (Å²) >= 11 is 0. The summed E-state index contributed by atoms with van der Waals surface area (Å²) in [6, 6.07) is 11.6. The number of alkyl halides is 3. The first-order chi connectivity index (χ1) is 12.9. The molecule has 27 heavy (non-hydrogen) atoms. The Kier molecular flexibility index (Phi) is 5.16. The second kappa shape index (κ2) is 7.53. The molecule has 0 atom stereocenters. The Balaban J connectivity index is 1.74. The summed E-state index contributed by atoms with van der Waals surface area (Å²) in [6.45, 7) is 0.0508. The van der Waals surface area contributed by atoms with Crippen LogP contribution in [0.4, 0.5) is 13.2 Å². The third-order valence-corrected chi connectivity index (χ3v) is 3.87. The third-order valence-electron chi connectivity index (χ3n) is 3.87. The number of methoxy groups -OCH3 is 1. The van der Waals surface area contributed by atoms with Gasteiger partial charge >= 0.3 is 6.18 Å². The van der Waals surface area contributed by atoms with Gasteiger partial charge in [0.25, 0.3) is 5.91 Å². The van der Waals surface area contributed by atoms with E-state index in [4.69, 9.17) is 9.15 Å². The number of para-hydroxylation sites is 1. The molecule has 140 valence electrons. The van der Waals surface area contributed by atoms with Crippen molar-refractivity contribution in [2.75, 3.05) is 7.11 Å². The Morgan fingerprint density at radius 2 is 1.85 bits per heavy atom. The van der Waals surface area contributed by atoms with Crippen molar-refractivity contribution in [3.8, 4) is 17.1 Å². The molecular weight excluding hydrogens is 361 g/mol. The van der Waals surface area contributed by atoms with Gasteiger partial charge in [-0.1, -0.05) is 24.3 Å². The highest BCUT2D eigenvalue weighted by molar-refractivity contribution is 5.98. The maximum Gasteiger partial charge on any atom is 0.416 e. The molecule has 1 amide bonds. The molecule has 3 rings (SSSR count). The largest absolute Gasteiger partial charge is 0.496 e. The smallest absolute Gasteiger partial charge is 0.416 e. The van der Waals surface area contributed by atoms with E-state index < -0.39 is 17.6 Å². The quantitative estimate of drug-likeness (QED) is 0.721. The van der Waals surface area contributed by atoms with E-state index in [1.165, 1.54) is 19.2 Å². The van der Waals surface area contributed by atoms with Crippen molar-refractivity contribution in [1.82, 2.24) is 10.3 Å². The lowest BCUT2D eigenvalue weighted by Gasteiger charge is -2.09. The average Bonchev–Trinajstić information content (AvgIpc) is 3.15. The fourth-order valence-corrected chi connectivity index (χ4v) is 2.51. The number of aromatic nitrogens is 1. The molecule has 0 unspecified atom stereocenters. The van der Waals surface area contributed by atoms with E-state index >= 15 is 0 Å². The van der Waals surface area contributed by atoms with Crippen LogP contribution in [0, 0.1) is 0 Å². The topological polar surface area (TPSA) is 64.4 Å². The van der Waals surface area contributed by atoms with Gasteiger partial charge in [0.05, 0.1) is 18.2 Å². The van der Waals surface area contributed by atoms with Crippen molar-refractivity contribution in [1.29, 1.82) is 0 Å². The SMILES string of the molecule is COc1ccccc1-c1ocnc1C(=O)NCc1ccc(C(F)(F)F)cc1. The van der Waals surface area contributed by atoms with Crippen molar-refractivity contribution in [3.63, 3.8) is 0 Å². The van der Waals surface area contributed by atoms with Gasteiger partial charge in [0.15, 0.2) is 17.8 Å². The van der Waals surface area contributed by atoms with Gasteiger partial charge in [-0.2, -0.15) is 13.2 Å². The number of carbonyl (C=O) groups is 1. The zero-order valence-corrected chi connectivity index (χ0v) is 14.2. The average molecular weight is 376 g/mol. The van der Waals surface area contributed by atoms with Crippen LogP contribution in [0.1, 0.15) is 21.6 Å². The number of rotatable bonds is 5. The van der Waals surface area contributed by atoms with E-state index in [9.17, 15) is 18.0 Å². The van der Waals surface area contributed by atoms with Crippen molar-refractivity contribution < 1.29 is 27.1 Å². The van der Waals surface area contributed by atoms with Crippen LogP contribution in [-0.4, -0.2) is 18.0 Å². The Labute approximate surface area is 152 Å². The molecular formula is C19H15F3N2O3. The molecule has 0 aliphatic carbocycles. The molecule has 1 N–H and O–H groups in total. The number of carbonyl (C=O) groups excluding carboxylic acids is 1. The summed E-state index contributed by atoms with van der Waals surface area (Å²) in [5, 5.41) is 2.62. The summed E-state index contributed by atoms with van der Waals surface area (Å²) in [7, 11) is 1.50. The first-order valence-electron chi connectivity index (χ1n) is 7.91. The summed E-state index contributed by atoms with van der Waals surface area (Å²) in [5.74, 6) is 0.257. The van der Waals surface area contributed by atoms with Crippen molar-refractivity contribution >= 4 is 5.91 Å². The normalized spacial score (nSPS) is 11.3. The minimum atomic E-state index is -4.40. The highest BCUT2D eigenvalue weighted by Crippen LogP contribution is 2.32. The monoisotopic (exact) mass is 376 g/mol. The standard InChI is InChI=1S/C19H15F3N2O3/c1-26-15-5-3-2-4-14(15)17-16(24-11-27-17)18(25)23-10-12-6-8-13(9-7-12)19(20,21)22/h2-9,11H,10H2,1H3,(H,23,25).